The van der Waals surface area contributed by atoms with Crippen LogP contribution in [0.2, 0.25) is 0 Å². The van der Waals surface area contributed by atoms with Gasteiger partial charge in [-0.3, -0.25) is 4.79 Å². The minimum absolute atomic E-state index is 0.158. The van der Waals surface area contributed by atoms with Crippen molar-refractivity contribution in [3.8, 4) is 23.0 Å². The normalized spacial score (nSPS) is 14.8. The summed E-state index contributed by atoms with van der Waals surface area (Å²) in [6, 6.07) is 3.73. The Labute approximate surface area is 221 Å². The van der Waals surface area contributed by atoms with E-state index in [1.165, 1.54) is 0 Å². The topological polar surface area (TPSA) is 155 Å². The molecule has 3 aromatic rings. The summed E-state index contributed by atoms with van der Waals surface area (Å²) in [5, 5.41) is 10.7. The molecule has 13 nitrogen and oxygen atoms in total. The Kier molecular flexibility index (Phi) is 8.89. The molecule has 3 N–H and O–H groups in total. The van der Waals surface area contributed by atoms with Crippen LogP contribution in [0, 0.1) is 5.92 Å². The van der Waals surface area contributed by atoms with Gasteiger partial charge in [0.25, 0.3) is 5.91 Å². The maximum absolute atomic E-state index is 12.5. The van der Waals surface area contributed by atoms with Crippen LogP contribution in [-0.4, -0.2) is 81.9 Å². The van der Waals surface area contributed by atoms with E-state index in [0.29, 0.717) is 43.1 Å². The highest BCUT2D eigenvalue weighted by Gasteiger charge is 2.24. The van der Waals surface area contributed by atoms with E-state index in [4.69, 9.17) is 19.9 Å². The van der Waals surface area contributed by atoms with E-state index in [1.807, 2.05) is 27.0 Å². The second-order valence-electron chi connectivity index (χ2n) is 9.23. The third-order valence-electron chi connectivity index (χ3n) is 6.28. The molecular formula is C25H35N9O4. The van der Waals surface area contributed by atoms with Crippen LogP contribution in [0.4, 0.5) is 11.6 Å². The van der Waals surface area contributed by atoms with Crippen LogP contribution in [-0.2, 0) is 11.8 Å². The molecule has 13 heteroatoms. The second kappa shape index (κ2) is 12.5. The lowest BCUT2D eigenvalue weighted by Crippen LogP contribution is -2.36. The SMILES string of the molecule is CCNC(=O)c1cc(N2CCC(COc3cc(-c4cnnn4C)cnc3N)CC2)nc(O[C@H](C)COC)n1. The van der Waals surface area contributed by atoms with Crippen molar-refractivity contribution in [1.82, 2.24) is 35.3 Å². The molecule has 1 aliphatic heterocycles. The molecule has 204 valence electrons. The van der Waals surface area contributed by atoms with Gasteiger partial charge < -0.3 is 30.2 Å². The third kappa shape index (κ3) is 6.65. The maximum Gasteiger partial charge on any atom is 0.319 e. The van der Waals surface area contributed by atoms with Crippen LogP contribution in [0.15, 0.2) is 24.5 Å². The quantitative estimate of drug-likeness (QED) is 0.376. The fourth-order valence-electron chi connectivity index (χ4n) is 4.24. The predicted octanol–water partition coefficient (Wildman–Crippen LogP) is 1.71. The predicted molar refractivity (Wildman–Crippen MR) is 141 cm³/mol. The van der Waals surface area contributed by atoms with E-state index in [-0.39, 0.29) is 23.7 Å². The maximum atomic E-state index is 12.5. The number of nitrogens with one attached hydrogen (secondary N) is 1. The zero-order valence-electron chi connectivity index (χ0n) is 22.3. The number of amides is 1. The second-order valence-corrected chi connectivity index (χ2v) is 9.23. The highest BCUT2D eigenvalue weighted by atomic mass is 16.5. The molecule has 0 aliphatic carbocycles. The van der Waals surface area contributed by atoms with E-state index in [9.17, 15) is 4.79 Å². The van der Waals surface area contributed by atoms with Gasteiger partial charge in [0.1, 0.15) is 17.6 Å². The van der Waals surface area contributed by atoms with E-state index in [0.717, 1.165) is 37.2 Å². The minimum atomic E-state index is -0.265. The fraction of sp³-hybridized carbons (Fsp3) is 0.520. The van der Waals surface area contributed by atoms with Crippen LogP contribution in [0.3, 0.4) is 0 Å². The molecule has 1 amide bonds. The number of pyridine rings is 1. The van der Waals surface area contributed by atoms with Crippen molar-refractivity contribution in [3.63, 3.8) is 0 Å². The Bertz CT molecular complexity index is 1230. The van der Waals surface area contributed by atoms with Crippen molar-refractivity contribution >= 4 is 17.5 Å². The molecule has 1 atom stereocenters. The number of nitrogens with zero attached hydrogens (tertiary/aromatic N) is 7. The summed E-state index contributed by atoms with van der Waals surface area (Å²) in [6.07, 6.45) is 4.87. The summed E-state index contributed by atoms with van der Waals surface area (Å²) in [7, 11) is 3.42. The monoisotopic (exact) mass is 525 g/mol. The number of carbonyl (C=O) groups excluding carboxylic acids is 1. The van der Waals surface area contributed by atoms with Crippen LogP contribution < -0.4 is 25.4 Å². The molecule has 4 rings (SSSR count). The average Bonchev–Trinajstić information content (AvgIpc) is 3.34. The summed E-state index contributed by atoms with van der Waals surface area (Å²) < 4.78 is 18.7. The number of hydrogen-bond donors (Lipinski definition) is 2. The first kappa shape index (κ1) is 27.0. The number of anilines is 2. The summed E-state index contributed by atoms with van der Waals surface area (Å²) in [5.41, 5.74) is 8.01. The highest BCUT2D eigenvalue weighted by molar-refractivity contribution is 5.93. The molecule has 1 aliphatic rings. The number of ether oxygens (including phenoxy) is 3. The largest absolute Gasteiger partial charge is 0.489 e. The number of hydrogen-bond acceptors (Lipinski definition) is 11. The average molecular weight is 526 g/mol. The van der Waals surface area contributed by atoms with Gasteiger partial charge in [-0.2, -0.15) is 9.97 Å². The van der Waals surface area contributed by atoms with Crippen LogP contribution in [0.25, 0.3) is 11.3 Å². The van der Waals surface area contributed by atoms with Gasteiger partial charge in [-0.25, -0.2) is 9.67 Å². The number of rotatable bonds is 11. The molecule has 0 spiro atoms. The number of nitrogen functional groups attached to an aromatic ring is 1. The van der Waals surface area contributed by atoms with Crippen molar-refractivity contribution in [1.29, 1.82) is 0 Å². The van der Waals surface area contributed by atoms with Gasteiger partial charge in [-0.1, -0.05) is 5.21 Å². The number of aryl methyl sites for hydroxylation is 1. The fourth-order valence-corrected chi connectivity index (χ4v) is 4.24. The summed E-state index contributed by atoms with van der Waals surface area (Å²) in [6.45, 7) is 6.63. The van der Waals surface area contributed by atoms with Gasteiger partial charge in [0.2, 0.25) is 0 Å². The van der Waals surface area contributed by atoms with Crippen LogP contribution >= 0.6 is 0 Å². The molecule has 1 saturated heterocycles. The smallest absolute Gasteiger partial charge is 0.319 e. The van der Waals surface area contributed by atoms with Gasteiger partial charge in [-0.15, -0.1) is 5.10 Å². The Balaban J connectivity index is 1.39. The Morgan fingerprint density at radius 2 is 2.03 bits per heavy atom. The zero-order valence-corrected chi connectivity index (χ0v) is 22.3. The van der Waals surface area contributed by atoms with Crippen molar-refractivity contribution in [2.45, 2.75) is 32.8 Å². The van der Waals surface area contributed by atoms with Gasteiger partial charge >= 0.3 is 6.01 Å². The summed E-state index contributed by atoms with van der Waals surface area (Å²) in [4.78, 5) is 27.8. The number of aromatic nitrogens is 6. The molecular weight excluding hydrogens is 490 g/mol. The molecule has 0 saturated carbocycles. The minimum Gasteiger partial charge on any atom is -0.489 e. The number of carbonyl (C=O) groups is 1. The third-order valence-corrected chi connectivity index (χ3v) is 6.28. The molecule has 4 heterocycles. The summed E-state index contributed by atoms with van der Waals surface area (Å²) >= 11 is 0. The van der Waals surface area contributed by atoms with Gasteiger partial charge in [-0.05, 0) is 38.7 Å². The molecule has 0 aromatic carbocycles. The van der Waals surface area contributed by atoms with E-state index in [1.54, 1.807) is 30.3 Å². The van der Waals surface area contributed by atoms with E-state index < -0.39 is 0 Å². The van der Waals surface area contributed by atoms with Crippen molar-refractivity contribution in [3.05, 3.63) is 30.2 Å². The van der Waals surface area contributed by atoms with Gasteiger partial charge in [0.15, 0.2) is 11.6 Å². The van der Waals surface area contributed by atoms with Crippen molar-refractivity contribution in [2.24, 2.45) is 13.0 Å². The number of methoxy groups -OCH3 is 1. The molecule has 3 aromatic heterocycles. The number of nitrogens with two attached hydrogens (primary N) is 1. The molecule has 0 unspecified atom stereocenters. The lowest BCUT2D eigenvalue weighted by Gasteiger charge is -2.33. The van der Waals surface area contributed by atoms with Gasteiger partial charge in [0, 0.05) is 51.6 Å². The first-order chi connectivity index (χ1) is 18.4. The lowest BCUT2D eigenvalue weighted by molar-refractivity contribution is 0.0843. The highest BCUT2D eigenvalue weighted by Crippen LogP contribution is 2.29. The summed E-state index contributed by atoms with van der Waals surface area (Å²) in [5.74, 6) is 1.61. The first-order valence-corrected chi connectivity index (χ1v) is 12.7. The Morgan fingerprint density at radius 3 is 2.71 bits per heavy atom. The molecule has 0 bridgehead atoms. The molecule has 38 heavy (non-hydrogen) atoms. The van der Waals surface area contributed by atoms with Crippen LogP contribution in [0.5, 0.6) is 11.8 Å². The standard InChI is InChI=1S/C25H35N9O4/c1-5-27-24(35)19-11-22(31-25(30-19)38-16(2)14-36-4)34-8-6-17(7-9-34)15-37-21-10-18(12-28-23(21)26)20-13-29-32-33(20)3/h10-13,16-17H,5-9,14-15H2,1-4H3,(H2,26,28)(H,27,35)/t16-/m1/s1. The Hall–Kier alpha value is -4.00. The van der Waals surface area contributed by atoms with Gasteiger partial charge in [0.05, 0.1) is 25.1 Å². The number of piperidine rings is 1. The lowest BCUT2D eigenvalue weighted by atomic mass is 9.98. The van der Waals surface area contributed by atoms with Crippen LogP contribution in [0.1, 0.15) is 37.2 Å². The van der Waals surface area contributed by atoms with E-state index in [2.05, 4.69) is 35.5 Å². The Morgan fingerprint density at radius 1 is 1.24 bits per heavy atom. The van der Waals surface area contributed by atoms with E-state index >= 15 is 0 Å². The van der Waals surface area contributed by atoms with Crippen molar-refractivity contribution < 1.29 is 19.0 Å². The zero-order chi connectivity index (χ0) is 27.1. The molecule has 0 radical (unpaired) electrons. The first-order valence-electron chi connectivity index (χ1n) is 12.7. The molecule has 1 fully saturated rings. The van der Waals surface area contributed by atoms with Crippen molar-refractivity contribution in [2.75, 3.05) is 50.6 Å².